The molecular weight excluding hydrogens is 344 g/mol. The largest absolute Gasteiger partial charge is 0.413 e. The third-order valence-corrected chi connectivity index (χ3v) is 4.68. The van der Waals surface area contributed by atoms with Gasteiger partial charge in [0.25, 0.3) is 0 Å². The summed E-state index contributed by atoms with van der Waals surface area (Å²) in [5.74, 6) is 0.421. The molecule has 0 saturated carbocycles. The number of amides is 2. The average Bonchev–Trinajstić information content (AvgIpc) is 2.68. The summed E-state index contributed by atoms with van der Waals surface area (Å²) in [5.41, 5.74) is 2.23. The third kappa shape index (κ3) is 4.00. The number of ether oxygens (including phenoxy) is 1. The van der Waals surface area contributed by atoms with Crippen molar-refractivity contribution in [3.05, 3.63) is 59.7 Å². The van der Waals surface area contributed by atoms with Gasteiger partial charge in [0.05, 0.1) is 6.04 Å². The van der Waals surface area contributed by atoms with Gasteiger partial charge < -0.3 is 15.0 Å². The molecule has 1 aliphatic rings. The quantitative estimate of drug-likeness (QED) is 0.834. The molecular formula is C21H22N2O4. The van der Waals surface area contributed by atoms with Gasteiger partial charge in [0.15, 0.2) is 0 Å². The molecule has 1 aliphatic heterocycles. The summed E-state index contributed by atoms with van der Waals surface area (Å²) in [4.78, 5) is 37.2. The fourth-order valence-corrected chi connectivity index (χ4v) is 3.39. The number of rotatable bonds is 4. The highest BCUT2D eigenvalue weighted by atomic mass is 16.6. The van der Waals surface area contributed by atoms with E-state index >= 15 is 0 Å². The van der Waals surface area contributed by atoms with Crippen LogP contribution in [-0.2, 0) is 4.79 Å². The van der Waals surface area contributed by atoms with Crippen molar-refractivity contribution in [2.75, 3.05) is 4.90 Å². The van der Waals surface area contributed by atoms with Gasteiger partial charge in [-0.15, -0.1) is 0 Å². The summed E-state index contributed by atoms with van der Waals surface area (Å²) < 4.78 is 5.32. The Morgan fingerprint density at radius 1 is 1.19 bits per heavy atom. The maximum Gasteiger partial charge on any atom is 0.413 e. The van der Waals surface area contributed by atoms with Crippen LogP contribution in [0.4, 0.5) is 10.5 Å². The van der Waals surface area contributed by atoms with Crippen molar-refractivity contribution in [1.29, 1.82) is 0 Å². The SMILES string of the molecule is CCC(=O)N1c2ccccc2[C@H](NC(=O)Oc2ccc(C=O)cc2)C[C@@H]1C. The number of aldehydes is 1. The number of hydrogen-bond donors (Lipinski definition) is 1. The van der Waals surface area contributed by atoms with Crippen LogP contribution in [0, 0.1) is 0 Å². The fraction of sp³-hybridized carbons (Fsp3) is 0.286. The standard InChI is InChI=1S/C21H22N2O4/c1-3-20(25)23-14(2)12-18(17-6-4-5-7-19(17)23)22-21(26)27-16-10-8-15(13-24)9-11-16/h4-11,13-14,18H,3,12H2,1-2H3,(H,22,26)/t14-,18+/m0/s1. The maximum absolute atomic E-state index is 12.4. The Bertz CT molecular complexity index is 848. The smallest absolute Gasteiger partial charge is 0.410 e. The molecule has 2 atom stereocenters. The zero-order valence-electron chi connectivity index (χ0n) is 15.3. The van der Waals surface area contributed by atoms with Gasteiger partial charge in [0, 0.05) is 23.7 Å². The number of benzene rings is 2. The first-order chi connectivity index (χ1) is 13.0. The normalized spacial score (nSPS) is 18.4. The minimum absolute atomic E-state index is 0.0375. The van der Waals surface area contributed by atoms with E-state index in [9.17, 15) is 14.4 Å². The predicted molar refractivity (Wildman–Crippen MR) is 102 cm³/mol. The predicted octanol–water partition coefficient (Wildman–Crippen LogP) is 3.86. The highest BCUT2D eigenvalue weighted by Gasteiger charge is 2.33. The van der Waals surface area contributed by atoms with Gasteiger partial charge in [0.2, 0.25) is 5.91 Å². The van der Waals surface area contributed by atoms with Gasteiger partial charge >= 0.3 is 6.09 Å². The second-order valence-electron chi connectivity index (χ2n) is 6.53. The highest BCUT2D eigenvalue weighted by molar-refractivity contribution is 5.95. The van der Waals surface area contributed by atoms with Crippen LogP contribution in [0.5, 0.6) is 5.75 Å². The van der Waals surface area contributed by atoms with Gasteiger partial charge in [0.1, 0.15) is 12.0 Å². The Kier molecular flexibility index (Phi) is 5.54. The molecule has 2 aromatic rings. The summed E-state index contributed by atoms with van der Waals surface area (Å²) in [6, 6.07) is 13.6. The molecule has 1 N–H and O–H groups in total. The lowest BCUT2D eigenvalue weighted by molar-refractivity contribution is -0.118. The Balaban J connectivity index is 1.76. The monoisotopic (exact) mass is 366 g/mol. The number of hydrogen-bond acceptors (Lipinski definition) is 4. The van der Waals surface area contributed by atoms with Gasteiger partial charge in [-0.2, -0.15) is 0 Å². The lowest BCUT2D eigenvalue weighted by Gasteiger charge is -2.39. The number of nitrogens with zero attached hydrogens (tertiary/aromatic N) is 1. The van der Waals surface area contributed by atoms with Gasteiger partial charge in [-0.3, -0.25) is 9.59 Å². The van der Waals surface area contributed by atoms with E-state index in [1.807, 2.05) is 38.1 Å². The molecule has 2 amide bonds. The molecule has 0 bridgehead atoms. The number of anilines is 1. The van der Waals surface area contributed by atoms with Crippen LogP contribution in [0.3, 0.4) is 0 Å². The van der Waals surface area contributed by atoms with Crippen LogP contribution >= 0.6 is 0 Å². The molecule has 27 heavy (non-hydrogen) atoms. The Morgan fingerprint density at radius 2 is 1.89 bits per heavy atom. The zero-order valence-corrected chi connectivity index (χ0v) is 15.3. The number of nitrogens with one attached hydrogen (secondary N) is 1. The first kappa shape index (κ1) is 18.6. The van der Waals surface area contributed by atoms with Crippen LogP contribution in [0.2, 0.25) is 0 Å². The Labute approximate surface area is 158 Å². The minimum atomic E-state index is -0.573. The molecule has 0 fully saturated rings. The van der Waals surface area contributed by atoms with Crippen molar-refractivity contribution in [3.8, 4) is 5.75 Å². The van der Waals surface area contributed by atoms with Crippen molar-refractivity contribution in [3.63, 3.8) is 0 Å². The summed E-state index contributed by atoms with van der Waals surface area (Å²) in [7, 11) is 0. The molecule has 6 heteroatoms. The zero-order chi connectivity index (χ0) is 19.4. The summed E-state index contributed by atoms with van der Waals surface area (Å²) in [5, 5.41) is 2.89. The topological polar surface area (TPSA) is 75.7 Å². The molecule has 0 aliphatic carbocycles. The Morgan fingerprint density at radius 3 is 2.56 bits per heavy atom. The summed E-state index contributed by atoms with van der Waals surface area (Å²) >= 11 is 0. The highest BCUT2D eigenvalue weighted by Crippen LogP contribution is 2.37. The molecule has 0 radical (unpaired) electrons. The summed E-state index contributed by atoms with van der Waals surface area (Å²) in [6.07, 6.45) is 1.18. The van der Waals surface area contributed by atoms with E-state index in [0.717, 1.165) is 17.5 Å². The molecule has 1 heterocycles. The van der Waals surface area contributed by atoms with E-state index < -0.39 is 6.09 Å². The van der Waals surface area contributed by atoms with Gasteiger partial charge in [-0.1, -0.05) is 25.1 Å². The fourth-order valence-electron chi connectivity index (χ4n) is 3.39. The molecule has 0 saturated heterocycles. The van der Waals surface area contributed by atoms with E-state index in [1.54, 1.807) is 29.2 Å². The van der Waals surface area contributed by atoms with Crippen LogP contribution in [-0.4, -0.2) is 24.3 Å². The molecule has 0 spiro atoms. The van der Waals surface area contributed by atoms with Crippen molar-refractivity contribution < 1.29 is 19.1 Å². The van der Waals surface area contributed by atoms with E-state index in [4.69, 9.17) is 4.74 Å². The van der Waals surface area contributed by atoms with E-state index in [0.29, 0.717) is 24.2 Å². The molecule has 0 unspecified atom stereocenters. The van der Waals surface area contributed by atoms with Crippen LogP contribution in [0.1, 0.15) is 48.7 Å². The number of fused-ring (bicyclic) bond motifs is 1. The van der Waals surface area contributed by atoms with Crippen molar-refractivity contribution in [2.24, 2.45) is 0 Å². The van der Waals surface area contributed by atoms with Gasteiger partial charge in [-0.25, -0.2) is 4.79 Å². The number of para-hydroxylation sites is 1. The first-order valence-corrected chi connectivity index (χ1v) is 8.98. The van der Waals surface area contributed by atoms with Crippen molar-refractivity contribution in [1.82, 2.24) is 5.32 Å². The number of carbonyl (C=O) groups excluding carboxylic acids is 3. The van der Waals surface area contributed by atoms with E-state index in [-0.39, 0.29) is 18.0 Å². The molecule has 0 aromatic heterocycles. The molecule has 6 nitrogen and oxygen atoms in total. The maximum atomic E-state index is 12.4. The average molecular weight is 366 g/mol. The molecule has 3 rings (SSSR count). The lowest BCUT2D eigenvalue weighted by Crippen LogP contribution is -2.46. The van der Waals surface area contributed by atoms with Crippen LogP contribution < -0.4 is 15.0 Å². The molecule has 2 aromatic carbocycles. The van der Waals surface area contributed by atoms with Crippen LogP contribution in [0.15, 0.2) is 48.5 Å². The third-order valence-electron chi connectivity index (χ3n) is 4.68. The Hall–Kier alpha value is -3.15. The molecule has 140 valence electrons. The lowest BCUT2D eigenvalue weighted by atomic mass is 9.91. The van der Waals surface area contributed by atoms with E-state index in [1.165, 1.54) is 0 Å². The minimum Gasteiger partial charge on any atom is -0.410 e. The number of carbonyl (C=O) groups is 3. The van der Waals surface area contributed by atoms with Crippen molar-refractivity contribution in [2.45, 2.75) is 38.8 Å². The van der Waals surface area contributed by atoms with Crippen LogP contribution in [0.25, 0.3) is 0 Å². The second kappa shape index (κ2) is 8.03. The van der Waals surface area contributed by atoms with E-state index in [2.05, 4.69) is 5.32 Å². The summed E-state index contributed by atoms with van der Waals surface area (Å²) in [6.45, 7) is 3.82. The second-order valence-corrected chi connectivity index (χ2v) is 6.53. The van der Waals surface area contributed by atoms with Gasteiger partial charge in [-0.05, 0) is 49.2 Å². The first-order valence-electron chi connectivity index (χ1n) is 8.98. The van der Waals surface area contributed by atoms with Crippen molar-refractivity contribution >= 4 is 24.0 Å².